The molecule has 48 heteroatoms. The molecule has 0 saturated carbocycles. The van der Waals surface area contributed by atoms with Crippen LogP contribution in [-0.4, -0.2) is 210 Å². The monoisotopic (exact) mass is 1460 g/mol. The number of esters is 1. The van der Waals surface area contributed by atoms with Gasteiger partial charge in [0.2, 0.25) is 0 Å². The summed E-state index contributed by atoms with van der Waals surface area (Å²) in [4.78, 5) is 127. The fourth-order valence-corrected chi connectivity index (χ4v) is 7.52. The maximum atomic E-state index is 10.7. The molecule has 2 fully saturated rings. The van der Waals surface area contributed by atoms with Crippen molar-refractivity contribution in [2.75, 3.05) is 100 Å². The van der Waals surface area contributed by atoms with Gasteiger partial charge in [-0.2, -0.15) is 0 Å². The lowest BCUT2D eigenvalue weighted by molar-refractivity contribution is -0.136. The molecular formula is C40H92O40P8. The van der Waals surface area contributed by atoms with Crippen LogP contribution in [0.4, 0.5) is 0 Å². The van der Waals surface area contributed by atoms with Crippen LogP contribution in [0.25, 0.3) is 0 Å². The van der Waals surface area contributed by atoms with Crippen molar-refractivity contribution in [3.63, 3.8) is 0 Å². The van der Waals surface area contributed by atoms with Crippen LogP contribution in [0.5, 0.6) is 0 Å². The van der Waals surface area contributed by atoms with Crippen molar-refractivity contribution in [1.29, 1.82) is 0 Å². The third-order valence-corrected chi connectivity index (χ3v) is 11.6. The van der Waals surface area contributed by atoms with Crippen molar-refractivity contribution in [2.45, 2.75) is 80.0 Å². The van der Waals surface area contributed by atoms with E-state index >= 15 is 0 Å². The molecule has 0 bridgehead atoms. The second-order valence-electron chi connectivity index (χ2n) is 13.9. The van der Waals surface area contributed by atoms with Gasteiger partial charge < -0.3 is 102 Å². The largest absolute Gasteiger partial charge is 0.499 e. The first-order chi connectivity index (χ1) is 39.3. The summed E-state index contributed by atoms with van der Waals surface area (Å²) >= 11 is 0. The van der Waals surface area contributed by atoms with E-state index in [0.29, 0.717) is 12.2 Å². The Kier molecular flexibility index (Phi) is 70.4. The number of carbonyl (C=O) groups excluding carboxylic acids is 1. The van der Waals surface area contributed by atoms with Crippen LogP contribution in [0.3, 0.4) is 0 Å². The highest BCUT2D eigenvalue weighted by Gasteiger charge is 2.36. The third-order valence-electron chi connectivity index (χ3n) is 6.47. The number of phosphoric acid groups is 8. The minimum atomic E-state index is -4.79. The van der Waals surface area contributed by atoms with E-state index in [-0.39, 0.29) is 80.3 Å². The Morgan fingerprint density at radius 1 is 0.534 bits per heavy atom. The van der Waals surface area contributed by atoms with Crippen LogP contribution in [0.1, 0.15) is 49.5 Å². The number of aliphatic hydroxyl groups excluding tert-OH is 1. The lowest BCUT2D eigenvalue weighted by Crippen LogP contribution is -2.24. The molecule has 7 unspecified atom stereocenters. The summed E-state index contributed by atoms with van der Waals surface area (Å²) in [5.74, 6) is -0.347. The molecule has 15 N–H and O–H groups in total. The summed E-state index contributed by atoms with van der Waals surface area (Å²) in [7, 11) is -32.9. The van der Waals surface area contributed by atoms with Crippen LogP contribution in [0, 0.1) is 0 Å². The molecule has 532 valence electrons. The van der Waals surface area contributed by atoms with Gasteiger partial charge in [0.1, 0.15) is 43.7 Å². The van der Waals surface area contributed by atoms with Gasteiger partial charge in [-0.3, -0.25) is 45.2 Å². The minimum Gasteiger partial charge on any atom is -0.499 e. The van der Waals surface area contributed by atoms with Crippen LogP contribution in [0.15, 0.2) is 75.8 Å². The first-order valence-electron chi connectivity index (χ1n) is 23.2. The summed E-state index contributed by atoms with van der Waals surface area (Å²) in [6.07, 6.45) is 2.10. The standard InChI is InChI=1S/C6H14O9P2.C6H13O6P.C6H11O5P.C5H12O9P2.C5H9O5P.C5H8O2.2C2H6.CH5O4P.2CH4/c1-2-3-13-4-6(15-17(10,11)12)5-14-16(7,8)9;1-2-3-11-4-6(7)5-12-13(8,9)10;1-2-3-9-4-6-5-10-12(7,8)11-6;1-2-12-3-5(14-16(9,10)11)4-13-15(6,7)8;1-2-8-3-5-4-9-11(6,7)10-5;1-4(2)5(6)7-3;2*1-2;1-5-6(2,3)4;;/h2,6H,1,3-5H2,(H2,7,8,9)(H2,10,11,12);2,6-7H,1,3-5H2,(H2,8,9,10);2,6H,1,3-5H2,(H,7,8);2,5H,1,3-4H2,(H2,6,7,8)(H2,9,10,11);2,5H,1,3-4H2,(H,6,7);1H2,2-3H3;2*1-2H3;1H3,(H2,2,3,4);2*1H4. The molecule has 7 atom stereocenters. The van der Waals surface area contributed by atoms with Gasteiger partial charge in [-0.25, -0.2) is 41.3 Å². The fourth-order valence-electron chi connectivity index (χ4n) is 3.59. The van der Waals surface area contributed by atoms with E-state index in [2.05, 4.69) is 94.2 Å². The molecule has 2 saturated heterocycles. The van der Waals surface area contributed by atoms with Crippen molar-refractivity contribution < 1.29 is 189 Å². The molecule has 40 nitrogen and oxygen atoms in total. The van der Waals surface area contributed by atoms with Crippen molar-refractivity contribution in [1.82, 2.24) is 0 Å². The van der Waals surface area contributed by atoms with Gasteiger partial charge in [0.05, 0.1) is 92.3 Å². The predicted octanol–water partition coefficient (Wildman–Crippen LogP) is 4.32. The molecule has 88 heavy (non-hydrogen) atoms. The van der Waals surface area contributed by atoms with Gasteiger partial charge in [0, 0.05) is 12.7 Å². The topological polar surface area (TPSA) is 605 Å². The zero-order chi connectivity index (χ0) is 69.1. The minimum absolute atomic E-state index is 0. The van der Waals surface area contributed by atoms with E-state index in [1.807, 2.05) is 27.7 Å². The molecule has 0 spiro atoms. The number of carbonyl (C=O) groups is 1. The maximum absolute atomic E-state index is 10.7. The van der Waals surface area contributed by atoms with Crippen LogP contribution >= 0.6 is 62.6 Å². The molecule has 0 aliphatic carbocycles. The molecule has 0 aromatic carbocycles. The van der Waals surface area contributed by atoms with Crippen LogP contribution < -0.4 is 0 Å². The fraction of sp³-hybridized carbons (Fsp3) is 0.675. The van der Waals surface area contributed by atoms with E-state index in [0.717, 1.165) is 13.4 Å². The summed E-state index contributed by atoms with van der Waals surface area (Å²) in [5, 5.41) is 9.01. The Labute approximate surface area is 511 Å². The Hall–Kier alpha value is -1.77. The second-order valence-corrected chi connectivity index (χ2v) is 24.1. The summed E-state index contributed by atoms with van der Waals surface area (Å²) < 4.78 is 153. The van der Waals surface area contributed by atoms with Crippen LogP contribution in [0.2, 0.25) is 0 Å². The zero-order valence-corrected chi connectivity index (χ0v) is 54.9. The number of phosphoric ester groups is 8. The Morgan fingerprint density at radius 3 is 1.14 bits per heavy atom. The number of aliphatic hydroxyl groups is 1. The van der Waals surface area contributed by atoms with Gasteiger partial charge in [-0.05, 0) is 6.92 Å². The van der Waals surface area contributed by atoms with E-state index in [1.54, 1.807) is 13.0 Å². The lowest BCUT2D eigenvalue weighted by Gasteiger charge is -2.18. The highest BCUT2D eigenvalue weighted by molar-refractivity contribution is 7.48. The quantitative estimate of drug-likeness (QED) is 0.0109. The molecule has 2 aliphatic heterocycles. The Morgan fingerprint density at radius 2 is 0.864 bits per heavy atom. The zero-order valence-electron chi connectivity index (χ0n) is 47.7. The predicted molar refractivity (Wildman–Crippen MR) is 313 cm³/mol. The van der Waals surface area contributed by atoms with Crippen LogP contribution in [-0.2, 0) is 115 Å². The summed E-state index contributed by atoms with van der Waals surface area (Å²) in [6, 6.07) is 0. The SMILES string of the molecule is C.C.C=C(C)C(=O)OC.C=CCOCC(COP(=O)(O)O)OP(=O)(O)O.C=CCOCC(O)COP(=O)(O)O.C=CCOCC1COP(=O)(O)O1.C=COCC(COP(=O)(O)O)OP(=O)(O)O.C=COCC1COP(=O)(O)O1.CC.CC.COP(=O)(O)O. The van der Waals surface area contributed by atoms with Crippen molar-refractivity contribution in [3.8, 4) is 0 Å². The second kappa shape index (κ2) is 59.0. The third kappa shape index (κ3) is 90.6. The molecule has 0 aromatic heterocycles. The molecular weight excluding hydrogens is 1370 g/mol. The van der Waals surface area contributed by atoms with Gasteiger partial charge >= 0.3 is 68.6 Å². The Balaban J connectivity index is -0.000000119. The molecule has 2 aliphatic rings. The van der Waals surface area contributed by atoms with E-state index in [4.69, 9.17) is 92.6 Å². The van der Waals surface area contributed by atoms with Gasteiger partial charge in [-0.1, -0.05) is 80.5 Å². The average Bonchev–Trinajstić information content (AvgIpc) is 3.93. The molecule has 0 aromatic rings. The van der Waals surface area contributed by atoms with E-state index in [1.165, 1.54) is 25.5 Å². The highest BCUT2D eigenvalue weighted by Crippen LogP contribution is 2.50. The summed E-state index contributed by atoms with van der Waals surface area (Å²) in [5.41, 5.74) is 0.433. The van der Waals surface area contributed by atoms with Gasteiger partial charge in [-0.15, -0.1) is 19.7 Å². The number of ether oxygens (including phenoxy) is 6. The highest BCUT2D eigenvalue weighted by atomic mass is 31.2. The Bertz CT molecular complexity index is 2200. The van der Waals surface area contributed by atoms with Crippen molar-refractivity contribution >= 4 is 68.6 Å². The van der Waals surface area contributed by atoms with Gasteiger partial charge in [0.25, 0.3) is 0 Å². The first kappa shape index (κ1) is 105. The molecule has 2 heterocycles. The molecule has 0 radical (unpaired) electrons. The van der Waals surface area contributed by atoms with Gasteiger partial charge in [0.15, 0.2) is 0 Å². The van der Waals surface area contributed by atoms with E-state index in [9.17, 15) is 41.3 Å². The molecule has 2 rings (SSSR count). The first-order valence-corrected chi connectivity index (χ1v) is 35.4. The lowest BCUT2D eigenvalue weighted by atomic mass is 10.4. The maximum Gasteiger partial charge on any atom is 0.472 e. The smallest absolute Gasteiger partial charge is 0.472 e. The number of rotatable bonds is 33. The average molecular weight is 1460 g/mol. The van der Waals surface area contributed by atoms with Crippen molar-refractivity contribution in [2.24, 2.45) is 0 Å². The number of hydrogen-bond acceptors (Lipinski definition) is 26. The van der Waals surface area contributed by atoms with E-state index < -0.39 is 113 Å². The molecule has 0 amide bonds. The normalized spacial score (nSPS) is 18.5. The van der Waals surface area contributed by atoms with Crippen molar-refractivity contribution in [3.05, 3.63) is 75.8 Å². The number of hydrogen-bond donors (Lipinski definition) is 15. The summed E-state index contributed by atoms with van der Waals surface area (Å²) in [6.45, 7) is 28.4. The number of methoxy groups -OCH3 is 1.